The fraction of sp³-hybridized carbons (Fsp3) is 0.529. The summed E-state index contributed by atoms with van der Waals surface area (Å²) in [6.07, 6.45) is -0.383. The Hall–Kier alpha value is -1.24. The molecule has 1 heterocycles. The van der Waals surface area contributed by atoms with Gasteiger partial charge in [0.15, 0.2) is 6.29 Å². The highest BCUT2D eigenvalue weighted by molar-refractivity contribution is 5.13. The zero-order chi connectivity index (χ0) is 15.9. The summed E-state index contributed by atoms with van der Waals surface area (Å²) in [5.41, 5.74) is 1.08. The Kier molecular flexibility index (Phi) is 6.54. The molecular weight excluding hydrogens is 284 g/mol. The van der Waals surface area contributed by atoms with E-state index in [2.05, 4.69) is 6.58 Å². The van der Waals surface area contributed by atoms with Crippen LogP contribution in [0.25, 0.3) is 0 Å². The second-order valence-electron chi connectivity index (χ2n) is 5.28. The first-order valence-corrected chi connectivity index (χ1v) is 7.36. The Labute approximate surface area is 131 Å². The van der Waals surface area contributed by atoms with Crippen molar-refractivity contribution >= 4 is 0 Å². The second kappa shape index (κ2) is 8.41. The fourth-order valence-corrected chi connectivity index (χ4v) is 2.60. The summed E-state index contributed by atoms with van der Waals surface area (Å²) in [5, 5.41) is 9.97. The van der Waals surface area contributed by atoms with E-state index >= 15 is 0 Å². The zero-order valence-corrected chi connectivity index (χ0v) is 13.1. The number of aliphatic hydroxyl groups excluding tert-OH is 1. The molecule has 1 fully saturated rings. The topological polar surface area (TPSA) is 57.2 Å². The number of benzene rings is 1. The van der Waals surface area contributed by atoms with Crippen LogP contribution in [0.5, 0.6) is 0 Å². The normalized spacial score (nSPS) is 30.0. The first-order valence-electron chi connectivity index (χ1n) is 7.36. The summed E-state index contributed by atoms with van der Waals surface area (Å²) in [4.78, 5) is 0. The number of ether oxygens (including phenoxy) is 4. The molecule has 1 saturated heterocycles. The molecule has 1 aromatic carbocycles. The van der Waals surface area contributed by atoms with Gasteiger partial charge in [-0.15, -0.1) is 6.58 Å². The average molecular weight is 308 g/mol. The first-order chi connectivity index (χ1) is 10.7. The summed E-state index contributed by atoms with van der Waals surface area (Å²) in [5.74, 6) is 0. The van der Waals surface area contributed by atoms with Gasteiger partial charge in [-0.2, -0.15) is 0 Å². The molecule has 0 spiro atoms. The fourth-order valence-electron chi connectivity index (χ4n) is 2.60. The van der Waals surface area contributed by atoms with E-state index in [1.807, 2.05) is 30.3 Å². The summed E-state index contributed by atoms with van der Waals surface area (Å²) >= 11 is 0. The van der Waals surface area contributed by atoms with E-state index in [-0.39, 0.29) is 12.2 Å². The minimum absolute atomic E-state index is 0.261. The van der Waals surface area contributed by atoms with Crippen LogP contribution in [-0.2, 0) is 25.6 Å². The van der Waals surface area contributed by atoms with Crippen molar-refractivity contribution in [3.63, 3.8) is 0 Å². The summed E-state index contributed by atoms with van der Waals surface area (Å²) in [6, 6.07) is 9.91. The molecule has 0 saturated carbocycles. The van der Waals surface area contributed by atoms with Crippen LogP contribution in [-0.4, -0.2) is 50.0 Å². The number of methoxy groups -OCH3 is 2. The molecule has 0 amide bonds. The third-order valence-corrected chi connectivity index (χ3v) is 3.85. The molecule has 1 aliphatic rings. The lowest BCUT2D eigenvalue weighted by molar-refractivity contribution is -0.282. The van der Waals surface area contributed by atoms with Crippen molar-refractivity contribution in [3.8, 4) is 0 Å². The van der Waals surface area contributed by atoms with Gasteiger partial charge in [-0.05, 0) is 5.56 Å². The van der Waals surface area contributed by atoms with Gasteiger partial charge in [-0.25, -0.2) is 0 Å². The van der Waals surface area contributed by atoms with Crippen LogP contribution < -0.4 is 0 Å². The van der Waals surface area contributed by atoms with Crippen molar-refractivity contribution in [2.45, 2.75) is 43.7 Å². The largest absolute Gasteiger partial charge is 0.386 e. The van der Waals surface area contributed by atoms with Crippen molar-refractivity contribution < 1.29 is 24.1 Å². The van der Waals surface area contributed by atoms with Crippen molar-refractivity contribution in [2.75, 3.05) is 14.2 Å². The third kappa shape index (κ3) is 4.15. The van der Waals surface area contributed by atoms with Gasteiger partial charge in [0.1, 0.15) is 18.3 Å². The second-order valence-corrected chi connectivity index (χ2v) is 5.28. The third-order valence-electron chi connectivity index (χ3n) is 3.85. The van der Waals surface area contributed by atoms with Crippen molar-refractivity contribution in [1.29, 1.82) is 0 Å². The first kappa shape index (κ1) is 17.1. The molecule has 1 aromatic rings. The van der Waals surface area contributed by atoms with Crippen LogP contribution in [0.1, 0.15) is 12.0 Å². The Balaban J connectivity index is 2.00. The maximum atomic E-state index is 9.97. The van der Waals surface area contributed by atoms with Crippen LogP contribution in [0.3, 0.4) is 0 Å². The van der Waals surface area contributed by atoms with Crippen LogP contribution in [0.2, 0.25) is 0 Å². The molecule has 0 aromatic heterocycles. The van der Waals surface area contributed by atoms with Crippen LogP contribution >= 0.6 is 0 Å². The van der Waals surface area contributed by atoms with E-state index in [4.69, 9.17) is 18.9 Å². The molecule has 122 valence electrons. The van der Waals surface area contributed by atoms with Gasteiger partial charge < -0.3 is 24.1 Å². The summed E-state index contributed by atoms with van der Waals surface area (Å²) < 4.78 is 22.5. The van der Waals surface area contributed by atoms with Gasteiger partial charge in [0.2, 0.25) is 0 Å². The highest BCUT2D eigenvalue weighted by Gasteiger charge is 2.41. The molecule has 5 atom stereocenters. The van der Waals surface area contributed by atoms with Crippen LogP contribution in [0.15, 0.2) is 43.0 Å². The van der Waals surface area contributed by atoms with Crippen molar-refractivity contribution in [1.82, 2.24) is 0 Å². The lowest BCUT2D eigenvalue weighted by Gasteiger charge is -2.41. The zero-order valence-electron chi connectivity index (χ0n) is 13.1. The highest BCUT2D eigenvalue weighted by atomic mass is 16.7. The van der Waals surface area contributed by atoms with E-state index in [1.165, 1.54) is 6.08 Å². The molecule has 1 N–H and O–H groups in total. The highest BCUT2D eigenvalue weighted by Crippen LogP contribution is 2.28. The van der Waals surface area contributed by atoms with Crippen LogP contribution in [0.4, 0.5) is 0 Å². The van der Waals surface area contributed by atoms with E-state index in [1.54, 1.807) is 14.2 Å². The molecule has 5 nitrogen and oxygen atoms in total. The molecule has 2 rings (SSSR count). The molecule has 0 aliphatic carbocycles. The van der Waals surface area contributed by atoms with E-state index in [0.717, 1.165) is 5.56 Å². The molecule has 0 bridgehead atoms. The van der Waals surface area contributed by atoms with Crippen molar-refractivity contribution in [2.24, 2.45) is 0 Å². The molecular formula is C17H24O5. The number of aliphatic hydroxyl groups is 1. The Morgan fingerprint density at radius 2 is 2.00 bits per heavy atom. The van der Waals surface area contributed by atoms with E-state index in [9.17, 15) is 5.11 Å². The summed E-state index contributed by atoms with van der Waals surface area (Å²) in [6.45, 7) is 4.06. The average Bonchev–Trinajstić information content (AvgIpc) is 2.59. The lowest BCUT2D eigenvalue weighted by atomic mass is 9.98. The smallest absolute Gasteiger partial charge is 0.184 e. The Bertz CT molecular complexity index is 450. The maximum absolute atomic E-state index is 9.97. The minimum Gasteiger partial charge on any atom is -0.386 e. The standard InChI is InChI=1S/C17H24O5/c1-4-13(18)16-14(19-2)10-15(17(20-3)22-16)21-11-12-8-6-5-7-9-12/h4-9,13-18H,1,10-11H2,2-3H3/t13-,14+,15-,16-,17?/m1/s1. The van der Waals surface area contributed by atoms with Gasteiger partial charge in [-0.3, -0.25) is 0 Å². The monoisotopic (exact) mass is 308 g/mol. The van der Waals surface area contributed by atoms with E-state index in [0.29, 0.717) is 13.0 Å². The SMILES string of the molecule is C=C[C@@H](O)[C@H]1OC(OC)[C@H](OCc2ccccc2)C[C@@H]1OC. The minimum atomic E-state index is -0.808. The van der Waals surface area contributed by atoms with Crippen LogP contribution in [0, 0.1) is 0 Å². The molecule has 1 unspecified atom stereocenters. The molecule has 22 heavy (non-hydrogen) atoms. The predicted octanol–water partition coefficient (Wildman–Crippen LogP) is 1.90. The number of rotatable bonds is 7. The Morgan fingerprint density at radius 1 is 1.27 bits per heavy atom. The molecule has 1 aliphatic heterocycles. The lowest BCUT2D eigenvalue weighted by Crippen LogP contribution is -2.53. The van der Waals surface area contributed by atoms with Crippen molar-refractivity contribution in [3.05, 3.63) is 48.6 Å². The van der Waals surface area contributed by atoms with Gasteiger partial charge in [0.05, 0.1) is 12.7 Å². The number of hydrogen-bond donors (Lipinski definition) is 1. The summed E-state index contributed by atoms with van der Waals surface area (Å²) in [7, 11) is 3.16. The Morgan fingerprint density at radius 3 is 2.59 bits per heavy atom. The van der Waals surface area contributed by atoms with Gasteiger partial charge in [-0.1, -0.05) is 36.4 Å². The van der Waals surface area contributed by atoms with Gasteiger partial charge >= 0.3 is 0 Å². The van der Waals surface area contributed by atoms with E-state index < -0.39 is 18.5 Å². The molecule has 0 radical (unpaired) electrons. The van der Waals surface area contributed by atoms with Gasteiger partial charge in [0.25, 0.3) is 0 Å². The molecule has 5 heteroatoms. The predicted molar refractivity (Wildman–Crippen MR) is 82.3 cm³/mol. The van der Waals surface area contributed by atoms with Gasteiger partial charge in [0, 0.05) is 20.6 Å². The maximum Gasteiger partial charge on any atom is 0.184 e. The number of hydrogen-bond acceptors (Lipinski definition) is 5. The quantitative estimate of drug-likeness (QED) is 0.780.